The van der Waals surface area contributed by atoms with E-state index in [1.807, 2.05) is 24.3 Å². The maximum absolute atomic E-state index is 13.8. The van der Waals surface area contributed by atoms with Gasteiger partial charge in [0.1, 0.15) is 11.4 Å². The van der Waals surface area contributed by atoms with Crippen LogP contribution in [0.15, 0.2) is 29.1 Å². The molecule has 0 radical (unpaired) electrons. The molecule has 30 heavy (non-hydrogen) atoms. The summed E-state index contributed by atoms with van der Waals surface area (Å²) < 4.78 is 0. The Labute approximate surface area is 173 Å². The van der Waals surface area contributed by atoms with Crippen LogP contribution in [0, 0.1) is 12.8 Å². The van der Waals surface area contributed by atoms with Gasteiger partial charge in [0.25, 0.3) is 5.56 Å². The number of fused-ring (bicyclic) bond motifs is 5. The van der Waals surface area contributed by atoms with Crippen molar-refractivity contribution in [3.05, 3.63) is 57.3 Å². The van der Waals surface area contributed by atoms with Gasteiger partial charge in [-0.15, -0.1) is 0 Å². The van der Waals surface area contributed by atoms with E-state index in [4.69, 9.17) is 0 Å². The molecule has 0 unspecified atom stereocenters. The van der Waals surface area contributed by atoms with Crippen LogP contribution < -0.4 is 10.9 Å². The number of carbonyl (C=O) groups excluding carboxylic acids is 2. The minimum Gasteiger partial charge on any atom is -0.332 e. The second kappa shape index (κ2) is 6.01. The second-order valence-electron chi connectivity index (χ2n) is 8.81. The number of aryl methyl sites for hydroxylation is 1. The molecule has 2 amide bonds. The average Bonchev–Trinajstić information content (AvgIpc) is 3.45. The summed E-state index contributed by atoms with van der Waals surface area (Å²) in [6.07, 6.45) is 2.70. The molecule has 2 fully saturated rings. The zero-order chi connectivity index (χ0) is 20.6. The van der Waals surface area contributed by atoms with E-state index < -0.39 is 11.5 Å². The van der Waals surface area contributed by atoms with E-state index in [0.717, 1.165) is 30.6 Å². The number of nitrogens with one attached hydrogen (secondary N) is 2. The van der Waals surface area contributed by atoms with Gasteiger partial charge < -0.3 is 15.2 Å². The summed E-state index contributed by atoms with van der Waals surface area (Å²) in [5.41, 5.74) is 1.77. The molecule has 2 N–H and O–H groups in total. The summed E-state index contributed by atoms with van der Waals surface area (Å²) in [6.45, 7) is 3.12. The largest absolute Gasteiger partial charge is 0.332 e. The van der Waals surface area contributed by atoms with E-state index in [-0.39, 0.29) is 30.0 Å². The van der Waals surface area contributed by atoms with Crippen molar-refractivity contribution in [2.75, 3.05) is 11.9 Å². The number of hydrogen-bond acceptors (Lipinski definition) is 5. The van der Waals surface area contributed by atoms with Crippen LogP contribution >= 0.6 is 0 Å². The SMILES string of the molecule is Cc1nc2c(c(=O)[nH]1)CN(C(=O)[C@H]1C[C@H]3CCCN3[C@]13C(=O)Nc1ccccc13)C2. The lowest BCUT2D eigenvalue weighted by molar-refractivity contribution is -0.144. The Morgan fingerprint density at radius 3 is 2.93 bits per heavy atom. The Hall–Kier alpha value is -3.00. The third-order valence-electron chi connectivity index (χ3n) is 7.29. The fourth-order valence-corrected chi connectivity index (χ4v) is 6.13. The first-order chi connectivity index (χ1) is 14.5. The highest BCUT2D eigenvalue weighted by molar-refractivity contribution is 6.09. The number of para-hydroxylation sites is 1. The smallest absolute Gasteiger partial charge is 0.256 e. The molecule has 1 aromatic heterocycles. The Morgan fingerprint density at radius 1 is 1.23 bits per heavy atom. The standard InChI is InChI=1S/C22H23N5O3/c1-12-23-18-11-26(10-14(18)19(28)24-12)20(29)16-9-13-5-4-8-27(13)22(16)15-6-2-3-7-17(15)25-21(22)30/h2-3,6-7,13,16H,4-5,8-11H2,1H3,(H,25,30)(H,23,24,28)/t13-,16-,22+/m1/s1. The van der Waals surface area contributed by atoms with Crippen molar-refractivity contribution >= 4 is 17.5 Å². The highest BCUT2D eigenvalue weighted by Crippen LogP contribution is 2.55. The molecule has 3 atom stereocenters. The van der Waals surface area contributed by atoms with Gasteiger partial charge in [0.2, 0.25) is 11.8 Å². The van der Waals surface area contributed by atoms with Crippen LogP contribution in [0.25, 0.3) is 0 Å². The van der Waals surface area contributed by atoms with Crippen molar-refractivity contribution in [1.82, 2.24) is 19.8 Å². The molecule has 0 saturated carbocycles. The van der Waals surface area contributed by atoms with Crippen molar-refractivity contribution in [1.29, 1.82) is 0 Å². The topological polar surface area (TPSA) is 98.4 Å². The van der Waals surface area contributed by atoms with Gasteiger partial charge in [-0.2, -0.15) is 0 Å². The molecule has 4 aliphatic heterocycles. The van der Waals surface area contributed by atoms with Crippen LogP contribution in [0.1, 0.15) is 41.9 Å². The molecule has 154 valence electrons. The Kier molecular flexibility index (Phi) is 3.57. The molecule has 6 rings (SSSR count). The molecule has 8 nitrogen and oxygen atoms in total. The number of benzene rings is 1. The van der Waals surface area contributed by atoms with Crippen molar-refractivity contribution in [3.8, 4) is 0 Å². The van der Waals surface area contributed by atoms with E-state index in [1.165, 1.54) is 0 Å². The Morgan fingerprint density at radius 2 is 2.07 bits per heavy atom. The van der Waals surface area contributed by atoms with Crippen molar-refractivity contribution in [3.63, 3.8) is 0 Å². The van der Waals surface area contributed by atoms with Gasteiger partial charge in [0.15, 0.2) is 0 Å². The Balaban J connectivity index is 1.42. The third kappa shape index (κ3) is 2.14. The molecule has 1 aromatic carbocycles. The van der Waals surface area contributed by atoms with Crippen LogP contribution in [0.5, 0.6) is 0 Å². The Bertz CT molecular complexity index is 1160. The maximum atomic E-state index is 13.8. The minimum absolute atomic E-state index is 0.0636. The molecule has 2 aromatic rings. The summed E-state index contributed by atoms with van der Waals surface area (Å²) in [7, 11) is 0. The lowest BCUT2D eigenvalue weighted by Gasteiger charge is -2.37. The fourth-order valence-electron chi connectivity index (χ4n) is 6.13. The van der Waals surface area contributed by atoms with Crippen LogP contribution in [-0.4, -0.2) is 44.2 Å². The molecule has 8 heteroatoms. The normalized spacial score (nSPS) is 29.2. The van der Waals surface area contributed by atoms with Crippen LogP contribution in [-0.2, 0) is 28.2 Å². The van der Waals surface area contributed by atoms with Gasteiger partial charge in [0, 0.05) is 17.3 Å². The average molecular weight is 405 g/mol. The number of rotatable bonds is 1. The highest BCUT2D eigenvalue weighted by Gasteiger charge is 2.65. The zero-order valence-corrected chi connectivity index (χ0v) is 16.8. The maximum Gasteiger partial charge on any atom is 0.256 e. The summed E-state index contributed by atoms with van der Waals surface area (Å²) >= 11 is 0. The first-order valence-electron chi connectivity index (χ1n) is 10.6. The predicted molar refractivity (Wildman–Crippen MR) is 108 cm³/mol. The predicted octanol–water partition coefficient (Wildman–Crippen LogP) is 1.25. The van der Waals surface area contributed by atoms with E-state index in [2.05, 4.69) is 20.2 Å². The van der Waals surface area contributed by atoms with Gasteiger partial charge in [-0.1, -0.05) is 18.2 Å². The number of nitrogens with zero attached hydrogens (tertiary/aromatic N) is 3. The number of carbonyl (C=O) groups is 2. The lowest BCUT2D eigenvalue weighted by Crippen LogP contribution is -2.54. The molecule has 0 bridgehead atoms. The molecular weight excluding hydrogens is 382 g/mol. The summed E-state index contributed by atoms with van der Waals surface area (Å²) in [4.78, 5) is 50.8. The van der Waals surface area contributed by atoms with Gasteiger partial charge in [-0.25, -0.2) is 4.98 Å². The quantitative estimate of drug-likeness (QED) is 0.744. The second-order valence-corrected chi connectivity index (χ2v) is 8.81. The summed E-state index contributed by atoms with van der Waals surface area (Å²) in [5.74, 6) is -0.0858. The fraction of sp³-hybridized carbons (Fsp3) is 0.455. The van der Waals surface area contributed by atoms with Gasteiger partial charge >= 0.3 is 0 Å². The number of amides is 2. The number of aromatic amines is 1. The van der Waals surface area contributed by atoms with Crippen molar-refractivity contribution in [2.24, 2.45) is 5.92 Å². The number of H-pyrrole nitrogens is 1. The van der Waals surface area contributed by atoms with Crippen molar-refractivity contribution < 1.29 is 9.59 Å². The minimum atomic E-state index is -0.959. The number of anilines is 1. The first kappa shape index (κ1) is 17.8. The van der Waals surface area contributed by atoms with Crippen LogP contribution in [0.4, 0.5) is 5.69 Å². The molecule has 1 spiro atoms. The molecular formula is C22H23N5O3. The van der Waals surface area contributed by atoms with Crippen molar-refractivity contribution in [2.45, 2.75) is 50.9 Å². The van der Waals surface area contributed by atoms with E-state index in [1.54, 1.807) is 11.8 Å². The number of hydrogen-bond donors (Lipinski definition) is 2. The van der Waals surface area contributed by atoms with E-state index >= 15 is 0 Å². The lowest BCUT2D eigenvalue weighted by atomic mass is 9.78. The molecule has 0 aliphatic carbocycles. The number of aromatic nitrogens is 2. The first-order valence-corrected chi connectivity index (χ1v) is 10.6. The third-order valence-corrected chi connectivity index (χ3v) is 7.29. The zero-order valence-electron chi connectivity index (χ0n) is 16.8. The molecule has 4 aliphatic rings. The summed E-state index contributed by atoms with van der Waals surface area (Å²) in [6, 6.07) is 7.95. The van der Waals surface area contributed by atoms with E-state index in [0.29, 0.717) is 30.0 Å². The van der Waals surface area contributed by atoms with Crippen LogP contribution in [0.3, 0.4) is 0 Å². The van der Waals surface area contributed by atoms with E-state index in [9.17, 15) is 14.4 Å². The van der Waals surface area contributed by atoms with Crippen LogP contribution in [0.2, 0.25) is 0 Å². The summed E-state index contributed by atoms with van der Waals surface area (Å²) in [5, 5.41) is 3.03. The van der Waals surface area contributed by atoms with Gasteiger partial charge in [0.05, 0.1) is 30.3 Å². The van der Waals surface area contributed by atoms with Gasteiger partial charge in [-0.05, 0) is 38.8 Å². The molecule has 2 saturated heterocycles. The van der Waals surface area contributed by atoms with Gasteiger partial charge in [-0.3, -0.25) is 19.3 Å². The highest BCUT2D eigenvalue weighted by atomic mass is 16.2. The monoisotopic (exact) mass is 405 g/mol. The molecule has 5 heterocycles.